The van der Waals surface area contributed by atoms with E-state index in [9.17, 15) is 4.79 Å². The summed E-state index contributed by atoms with van der Waals surface area (Å²) in [5, 5.41) is 0. The molecule has 1 saturated carbocycles. The first-order valence-corrected chi connectivity index (χ1v) is 8.26. The number of carbonyl (C=O) groups excluding carboxylic acids is 1. The van der Waals surface area contributed by atoms with Crippen LogP contribution in [0.3, 0.4) is 0 Å². The van der Waals surface area contributed by atoms with Gasteiger partial charge in [0.05, 0.1) is 0 Å². The maximum Gasteiger partial charge on any atom is 0.225 e. The van der Waals surface area contributed by atoms with Crippen molar-refractivity contribution in [1.29, 1.82) is 0 Å². The largest absolute Gasteiger partial charge is 0.339 e. The van der Waals surface area contributed by atoms with Crippen LogP contribution >= 0.6 is 12.4 Å². The summed E-state index contributed by atoms with van der Waals surface area (Å²) in [4.78, 5) is 14.9. The van der Waals surface area contributed by atoms with Gasteiger partial charge >= 0.3 is 0 Å². The molecule has 1 aromatic rings. The van der Waals surface area contributed by atoms with E-state index in [0.29, 0.717) is 17.9 Å². The Labute approximate surface area is 139 Å². The molecule has 1 aliphatic carbocycles. The van der Waals surface area contributed by atoms with Crippen LogP contribution in [0.5, 0.6) is 0 Å². The fourth-order valence-corrected chi connectivity index (χ4v) is 3.99. The molecule has 3 rings (SSSR count). The van der Waals surface area contributed by atoms with Crippen molar-refractivity contribution in [1.82, 2.24) is 4.90 Å². The quantitative estimate of drug-likeness (QED) is 0.907. The summed E-state index contributed by atoms with van der Waals surface area (Å²) in [5.41, 5.74) is 7.40. The molecule has 1 aromatic carbocycles. The number of halogens is 1. The highest BCUT2D eigenvalue weighted by Gasteiger charge is 2.37. The van der Waals surface area contributed by atoms with Crippen molar-refractivity contribution < 1.29 is 4.79 Å². The van der Waals surface area contributed by atoms with Gasteiger partial charge in [0.25, 0.3) is 0 Å². The molecule has 0 spiro atoms. The minimum atomic E-state index is 0. The maximum absolute atomic E-state index is 12.8. The molecular weight excluding hydrogens is 296 g/mol. The van der Waals surface area contributed by atoms with Gasteiger partial charge in [0.15, 0.2) is 0 Å². The summed E-state index contributed by atoms with van der Waals surface area (Å²) in [7, 11) is 0. The Morgan fingerprint density at radius 2 is 1.91 bits per heavy atom. The standard InChI is InChI=1S/C18H26N2O.ClH/c1-13-10-16(14-6-3-2-4-7-14)12-20(13)18(21)15-8-5-9-17(19)11-15;/h2-4,6-7,13,15-17H,5,8-12,19H2,1H3;1H. The summed E-state index contributed by atoms with van der Waals surface area (Å²) < 4.78 is 0. The minimum Gasteiger partial charge on any atom is -0.339 e. The average molecular weight is 323 g/mol. The Hall–Kier alpha value is -1.06. The van der Waals surface area contributed by atoms with Gasteiger partial charge < -0.3 is 10.6 Å². The lowest BCUT2D eigenvalue weighted by atomic mass is 9.85. The lowest BCUT2D eigenvalue weighted by Crippen LogP contribution is -2.42. The van der Waals surface area contributed by atoms with Gasteiger partial charge in [-0.3, -0.25) is 4.79 Å². The molecule has 0 radical (unpaired) electrons. The van der Waals surface area contributed by atoms with E-state index in [1.54, 1.807) is 0 Å². The van der Waals surface area contributed by atoms with Gasteiger partial charge in [-0.05, 0) is 38.2 Å². The number of carbonyl (C=O) groups is 1. The number of nitrogens with zero attached hydrogens (tertiary/aromatic N) is 1. The molecule has 2 aliphatic rings. The first-order valence-electron chi connectivity index (χ1n) is 8.26. The molecule has 2 N–H and O–H groups in total. The SMILES string of the molecule is CC1CC(c2ccccc2)CN1C(=O)C1CCCC(N)C1.Cl. The van der Waals surface area contributed by atoms with Crippen molar-refractivity contribution in [3.8, 4) is 0 Å². The molecule has 3 nitrogen and oxygen atoms in total. The Morgan fingerprint density at radius 3 is 2.59 bits per heavy atom. The van der Waals surface area contributed by atoms with E-state index < -0.39 is 0 Å². The highest BCUT2D eigenvalue weighted by molar-refractivity contribution is 5.85. The smallest absolute Gasteiger partial charge is 0.225 e. The summed E-state index contributed by atoms with van der Waals surface area (Å²) in [6.45, 7) is 3.05. The summed E-state index contributed by atoms with van der Waals surface area (Å²) >= 11 is 0. The highest BCUT2D eigenvalue weighted by Crippen LogP contribution is 2.34. The van der Waals surface area contributed by atoms with Crippen LogP contribution in [-0.2, 0) is 4.79 Å². The topological polar surface area (TPSA) is 46.3 Å². The molecule has 122 valence electrons. The molecule has 22 heavy (non-hydrogen) atoms. The van der Waals surface area contributed by atoms with Crippen molar-refractivity contribution in [2.24, 2.45) is 11.7 Å². The van der Waals surface area contributed by atoms with E-state index in [2.05, 4.69) is 36.1 Å². The van der Waals surface area contributed by atoms with Crippen molar-refractivity contribution in [2.45, 2.75) is 57.0 Å². The second-order valence-corrected chi connectivity index (χ2v) is 6.81. The van der Waals surface area contributed by atoms with Gasteiger partial charge in [0, 0.05) is 30.5 Å². The monoisotopic (exact) mass is 322 g/mol. The molecule has 4 heteroatoms. The number of likely N-dealkylation sites (tertiary alicyclic amines) is 1. The van der Waals surface area contributed by atoms with Crippen LogP contribution in [0.1, 0.15) is 50.5 Å². The van der Waals surface area contributed by atoms with E-state index in [1.165, 1.54) is 5.56 Å². The Kier molecular flexibility index (Phi) is 5.87. The number of benzene rings is 1. The first-order chi connectivity index (χ1) is 10.1. The van der Waals surface area contributed by atoms with Crippen molar-refractivity contribution in [2.75, 3.05) is 6.54 Å². The first kappa shape index (κ1) is 17.3. The predicted octanol–water partition coefficient (Wildman–Crippen LogP) is 3.33. The molecule has 0 aromatic heterocycles. The third kappa shape index (κ3) is 3.64. The Bertz CT molecular complexity index is 493. The minimum absolute atomic E-state index is 0. The predicted molar refractivity (Wildman–Crippen MR) is 92.2 cm³/mol. The van der Waals surface area contributed by atoms with Gasteiger partial charge in [-0.15, -0.1) is 12.4 Å². The zero-order valence-electron chi connectivity index (χ0n) is 13.3. The molecule has 1 saturated heterocycles. The number of rotatable bonds is 2. The van der Waals surface area contributed by atoms with Gasteiger partial charge in [0.1, 0.15) is 0 Å². The van der Waals surface area contributed by atoms with Crippen molar-refractivity contribution >= 4 is 18.3 Å². The second kappa shape index (κ2) is 7.47. The number of hydrogen-bond acceptors (Lipinski definition) is 2. The van der Waals surface area contributed by atoms with Crippen LogP contribution in [0.15, 0.2) is 30.3 Å². The number of hydrogen-bond donors (Lipinski definition) is 1. The van der Waals surface area contributed by atoms with Gasteiger partial charge in [-0.1, -0.05) is 36.8 Å². The molecular formula is C18H27ClN2O. The van der Waals surface area contributed by atoms with Crippen molar-refractivity contribution in [3.63, 3.8) is 0 Å². The van der Waals surface area contributed by atoms with Gasteiger partial charge in [-0.2, -0.15) is 0 Å². The molecule has 2 fully saturated rings. The third-order valence-corrected chi connectivity index (χ3v) is 5.19. The number of amides is 1. The lowest BCUT2D eigenvalue weighted by molar-refractivity contribution is -0.137. The van der Waals surface area contributed by atoms with Crippen molar-refractivity contribution in [3.05, 3.63) is 35.9 Å². The maximum atomic E-state index is 12.8. The van der Waals surface area contributed by atoms with E-state index in [1.807, 2.05) is 6.07 Å². The van der Waals surface area contributed by atoms with E-state index in [-0.39, 0.29) is 24.4 Å². The fourth-order valence-electron chi connectivity index (χ4n) is 3.99. The molecule has 1 aliphatic heterocycles. The third-order valence-electron chi connectivity index (χ3n) is 5.19. The number of nitrogens with two attached hydrogens (primary N) is 1. The van der Waals surface area contributed by atoms with Crippen LogP contribution in [0.4, 0.5) is 0 Å². The van der Waals surface area contributed by atoms with Crippen LogP contribution < -0.4 is 5.73 Å². The molecule has 1 heterocycles. The molecule has 0 bridgehead atoms. The van der Waals surface area contributed by atoms with Gasteiger partial charge in [-0.25, -0.2) is 0 Å². The van der Waals surface area contributed by atoms with Crippen LogP contribution in [0.25, 0.3) is 0 Å². The normalized spacial score (nSPS) is 31.6. The van der Waals surface area contributed by atoms with E-state index in [0.717, 1.165) is 38.6 Å². The van der Waals surface area contributed by atoms with E-state index >= 15 is 0 Å². The summed E-state index contributed by atoms with van der Waals surface area (Å²) in [6.07, 6.45) is 5.15. The lowest BCUT2D eigenvalue weighted by Gasteiger charge is -2.31. The zero-order valence-corrected chi connectivity index (χ0v) is 14.1. The average Bonchev–Trinajstić information content (AvgIpc) is 2.89. The summed E-state index contributed by atoms with van der Waals surface area (Å²) in [5.74, 6) is 0.990. The molecule has 4 unspecified atom stereocenters. The van der Waals surface area contributed by atoms with Crippen LogP contribution in [0, 0.1) is 5.92 Å². The highest BCUT2D eigenvalue weighted by atomic mass is 35.5. The van der Waals surface area contributed by atoms with Crippen LogP contribution in [0.2, 0.25) is 0 Å². The molecule has 4 atom stereocenters. The Balaban J connectivity index is 0.00000176. The second-order valence-electron chi connectivity index (χ2n) is 6.81. The Morgan fingerprint density at radius 1 is 1.18 bits per heavy atom. The zero-order chi connectivity index (χ0) is 14.8. The summed E-state index contributed by atoms with van der Waals surface area (Å²) in [6, 6.07) is 11.2. The van der Waals surface area contributed by atoms with Gasteiger partial charge in [0.2, 0.25) is 5.91 Å². The van der Waals surface area contributed by atoms with Crippen LogP contribution in [-0.4, -0.2) is 29.4 Å². The van der Waals surface area contributed by atoms with E-state index in [4.69, 9.17) is 5.73 Å². The molecule has 1 amide bonds. The fraction of sp³-hybridized carbons (Fsp3) is 0.611.